The molecule has 1 saturated carbocycles. The van der Waals surface area contributed by atoms with Gasteiger partial charge in [0.15, 0.2) is 11.3 Å². The molecule has 120 valence electrons. The van der Waals surface area contributed by atoms with E-state index in [-0.39, 0.29) is 5.56 Å². The van der Waals surface area contributed by atoms with Gasteiger partial charge in [-0.15, -0.1) is 0 Å². The third-order valence-electron chi connectivity index (χ3n) is 4.53. The van der Waals surface area contributed by atoms with Gasteiger partial charge in [-0.25, -0.2) is 4.98 Å². The zero-order chi connectivity index (χ0) is 16.3. The van der Waals surface area contributed by atoms with Crippen LogP contribution in [0.2, 0.25) is 0 Å². The molecule has 1 aliphatic carbocycles. The zero-order valence-electron chi connectivity index (χ0n) is 13.1. The molecule has 1 aromatic carbocycles. The monoisotopic (exact) mass is 321 g/mol. The van der Waals surface area contributed by atoms with Crippen LogP contribution in [0.3, 0.4) is 0 Å². The molecule has 1 fully saturated rings. The van der Waals surface area contributed by atoms with Crippen molar-refractivity contribution in [1.82, 2.24) is 24.1 Å². The third-order valence-corrected chi connectivity index (χ3v) is 4.53. The number of hydrogen-bond acceptors (Lipinski definition) is 5. The Bertz CT molecular complexity index is 1130. The smallest absolute Gasteiger partial charge is 0.261 e. The summed E-state index contributed by atoms with van der Waals surface area (Å²) in [5.74, 6) is 1.49. The molecular weight excluding hydrogens is 306 g/mol. The van der Waals surface area contributed by atoms with Gasteiger partial charge < -0.3 is 4.52 Å². The van der Waals surface area contributed by atoms with Crippen molar-refractivity contribution in [1.29, 1.82) is 0 Å². The lowest BCUT2D eigenvalue weighted by Gasteiger charge is -2.09. The quantitative estimate of drug-likeness (QED) is 0.579. The van der Waals surface area contributed by atoms with E-state index in [4.69, 9.17) is 4.52 Å². The Morgan fingerprint density at radius 2 is 2.12 bits per heavy atom. The highest BCUT2D eigenvalue weighted by Gasteiger charge is 2.30. The summed E-state index contributed by atoms with van der Waals surface area (Å²) in [6, 6.07) is 7.54. The summed E-state index contributed by atoms with van der Waals surface area (Å²) < 4.78 is 8.98. The maximum Gasteiger partial charge on any atom is 0.261 e. The molecule has 24 heavy (non-hydrogen) atoms. The maximum atomic E-state index is 12.8. The molecule has 0 N–H and O–H groups in total. The molecule has 0 amide bonds. The second kappa shape index (κ2) is 4.77. The summed E-state index contributed by atoms with van der Waals surface area (Å²) in [7, 11) is 0. The minimum Gasteiger partial charge on any atom is -0.339 e. The van der Waals surface area contributed by atoms with Crippen LogP contribution in [-0.2, 0) is 6.54 Å². The summed E-state index contributed by atoms with van der Waals surface area (Å²) in [5, 5.41) is 4.75. The number of nitrogens with zero attached hydrogens (tertiary/aromatic N) is 5. The van der Waals surface area contributed by atoms with Crippen molar-refractivity contribution in [3.8, 4) is 11.5 Å². The molecule has 4 aromatic rings. The highest BCUT2D eigenvalue weighted by Crippen LogP contribution is 2.39. The van der Waals surface area contributed by atoms with Crippen molar-refractivity contribution in [2.75, 3.05) is 0 Å². The van der Waals surface area contributed by atoms with Crippen molar-refractivity contribution in [2.45, 2.75) is 32.2 Å². The average Bonchev–Trinajstić information content (AvgIpc) is 3.18. The number of imidazole rings is 1. The van der Waals surface area contributed by atoms with Gasteiger partial charge in [0.2, 0.25) is 11.7 Å². The fourth-order valence-corrected chi connectivity index (χ4v) is 3.16. The molecule has 7 nitrogen and oxygen atoms in total. The first-order chi connectivity index (χ1) is 11.8. The third kappa shape index (κ3) is 1.78. The molecule has 0 unspecified atom stereocenters. The molecule has 0 saturated heterocycles. The molecule has 0 bridgehead atoms. The molecule has 7 heteroatoms. The highest BCUT2D eigenvalue weighted by atomic mass is 16.5. The van der Waals surface area contributed by atoms with Gasteiger partial charge in [-0.3, -0.25) is 13.8 Å². The highest BCUT2D eigenvalue weighted by molar-refractivity contribution is 5.84. The van der Waals surface area contributed by atoms with Crippen molar-refractivity contribution in [2.24, 2.45) is 0 Å². The minimum absolute atomic E-state index is 0.0340. The summed E-state index contributed by atoms with van der Waals surface area (Å²) in [4.78, 5) is 21.8. The molecule has 0 atom stereocenters. The predicted molar refractivity (Wildman–Crippen MR) is 87.9 cm³/mol. The van der Waals surface area contributed by atoms with Gasteiger partial charge in [0.1, 0.15) is 6.33 Å². The van der Waals surface area contributed by atoms with Crippen LogP contribution in [0.4, 0.5) is 0 Å². The van der Waals surface area contributed by atoms with Gasteiger partial charge in [0, 0.05) is 12.5 Å². The first-order valence-corrected chi connectivity index (χ1v) is 8.10. The number of benzene rings is 1. The number of para-hydroxylation sites is 1. The number of rotatable bonds is 3. The Balaban J connectivity index is 1.85. The molecule has 3 heterocycles. The van der Waals surface area contributed by atoms with E-state index < -0.39 is 0 Å². The summed E-state index contributed by atoms with van der Waals surface area (Å²) in [6.07, 6.45) is 3.90. The van der Waals surface area contributed by atoms with Crippen LogP contribution in [0.25, 0.3) is 28.1 Å². The van der Waals surface area contributed by atoms with Gasteiger partial charge in [-0.1, -0.05) is 17.3 Å². The van der Waals surface area contributed by atoms with Crippen molar-refractivity contribution < 1.29 is 4.52 Å². The van der Waals surface area contributed by atoms with Gasteiger partial charge in [-0.05, 0) is 31.9 Å². The van der Waals surface area contributed by atoms with Gasteiger partial charge in [-0.2, -0.15) is 4.98 Å². The fraction of sp³-hybridized carbons (Fsp3) is 0.294. The number of aryl methyl sites for hydroxylation is 1. The molecular formula is C17H15N5O2. The van der Waals surface area contributed by atoms with E-state index in [9.17, 15) is 4.79 Å². The minimum atomic E-state index is -0.0340. The average molecular weight is 321 g/mol. The fourth-order valence-electron chi connectivity index (χ4n) is 3.16. The molecule has 0 radical (unpaired) electrons. The van der Waals surface area contributed by atoms with E-state index in [2.05, 4.69) is 15.1 Å². The largest absolute Gasteiger partial charge is 0.339 e. The Hall–Kier alpha value is -2.96. The predicted octanol–water partition coefficient (Wildman–Crippen LogP) is 2.60. The maximum absolute atomic E-state index is 12.8. The Labute approximate surface area is 136 Å². The summed E-state index contributed by atoms with van der Waals surface area (Å²) >= 11 is 0. The van der Waals surface area contributed by atoms with E-state index in [0.29, 0.717) is 40.9 Å². The standard InChI is InChI=1S/C17H15N5O2/c1-2-21-16-13(14-19-15(24-20-14)10-7-8-10)18-9-22(16)12-6-4-3-5-11(12)17(21)23/h3-6,9-10H,2,7-8H2,1H3. The molecule has 3 aromatic heterocycles. The molecule has 0 aliphatic heterocycles. The van der Waals surface area contributed by atoms with Crippen LogP contribution in [0.5, 0.6) is 0 Å². The Kier molecular flexibility index (Phi) is 2.68. The van der Waals surface area contributed by atoms with Crippen LogP contribution in [0, 0.1) is 0 Å². The van der Waals surface area contributed by atoms with Crippen LogP contribution in [0.15, 0.2) is 39.9 Å². The van der Waals surface area contributed by atoms with E-state index in [1.807, 2.05) is 35.6 Å². The van der Waals surface area contributed by atoms with Crippen molar-refractivity contribution >= 4 is 16.6 Å². The number of hydrogen-bond donors (Lipinski definition) is 0. The lowest BCUT2D eigenvalue weighted by molar-refractivity contribution is 0.380. The molecule has 5 rings (SSSR count). The van der Waals surface area contributed by atoms with Crippen LogP contribution in [0.1, 0.15) is 31.6 Å². The zero-order valence-corrected chi connectivity index (χ0v) is 13.1. The van der Waals surface area contributed by atoms with Crippen LogP contribution in [-0.4, -0.2) is 24.1 Å². The van der Waals surface area contributed by atoms with Crippen LogP contribution < -0.4 is 5.56 Å². The normalized spacial score (nSPS) is 14.7. The summed E-state index contributed by atoms with van der Waals surface area (Å²) in [6.45, 7) is 2.48. The lowest BCUT2D eigenvalue weighted by atomic mass is 10.2. The van der Waals surface area contributed by atoms with Gasteiger partial charge in [0.05, 0.1) is 10.9 Å². The van der Waals surface area contributed by atoms with Crippen molar-refractivity contribution in [3.05, 3.63) is 46.8 Å². The van der Waals surface area contributed by atoms with E-state index in [1.54, 1.807) is 10.9 Å². The number of fused-ring (bicyclic) bond motifs is 3. The van der Waals surface area contributed by atoms with E-state index >= 15 is 0 Å². The topological polar surface area (TPSA) is 78.2 Å². The second-order valence-electron chi connectivity index (χ2n) is 6.08. The Morgan fingerprint density at radius 1 is 1.29 bits per heavy atom. The van der Waals surface area contributed by atoms with E-state index in [1.165, 1.54) is 0 Å². The van der Waals surface area contributed by atoms with Crippen molar-refractivity contribution in [3.63, 3.8) is 0 Å². The SMILES string of the molecule is CCn1c(=O)c2ccccc2n2cnc(-c3noc(C4CC4)n3)c12. The molecule has 1 aliphatic rings. The second-order valence-corrected chi connectivity index (χ2v) is 6.08. The summed E-state index contributed by atoms with van der Waals surface area (Å²) in [5.41, 5.74) is 2.07. The molecule has 0 spiro atoms. The number of aromatic nitrogens is 5. The lowest BCUT2D eigenvalue weighted by Crippen LogP contribution is -2.22. The van der Waals surface area contributed by atoms with Crippen LogP contribution >= 0.6 is 0 Å². The first kappa shape index (κ1) is 13.5. The van der Waals surface area contributed by atoms with Gasteiger partial charge >= 0.3 is 0 Å². The van der Waals surface area contributed by atoms with Gasteiger partial charge in [0.25, 0.3) is 5.56 Å². The first-order valence-electron chi connectivity index (χ1n) is 8.10. The van der Waals surface area contributed by atoms with E-state index in [0.717, 1.165) is 18.4 Å². The Morgan fingerprint density at radius 3 is 2.92 bits per heavy atom.